The van der Waals surface area contributed by atoms with Gasteiger partial charge in [-0.05, 0) is 30.2 Å². The molecule has 0 aliphatic rings. The quantitative estimate of drug-likeness (QED) is 0.925. The number of aliphatic hydroxyl groups excluding tert-OH is 1. The molecule has 1 unspecified atom stereocenters. The molecule has 0 saturated carbocycles. The molecular weight excluding hydrogens is 265 g/mol. The highest BCUT2D eigenvalue weighted by atomic mass is 35.5. The summed E-state index contributed by atoms with van der Waals surface area (Å²) >= 11 is 5.96. The zero-order chi connectivity index (χ0) is 13.8. The molecule has 0 aliphatic heterocycles. The molecule has 2 nitrogen and oxygen atoms in total. The lowest BCUT2D eigenvalue weighted by Gasteiger charge is -2.15. The second-order valence-corrected chi connectivity index (χ2v) is 4.73. The fourth-order valence-corrected chi connectivity index (χ4v) is 2.31. The normalized spacial score (nSPS) is 12.4. The number of benzene rings is 1. The van der Waals surface area contributed by atoms with Crippen molar-refractivity contribution in [2.45, 2.75) is 25.9 Å². The van der Waals surface area contributed by atoms with Crippen molar-refractivity contribution in [3.05, 3.63) is 64.2 Å². The van der Waals surface area contributed by atoms with Gasteiger partial charge in [-0.3, -0.25) is 4.98 Å². The van der Waals surface area contributed by atoms with Gasteiger partial charge < -0.3 is 5.11 Å². The van der Waals surface area contributed by atoms with Crippen LogP contribution in [0.4, 0.5) is 4.39 Å². The van der Waals surface area contributed by atoms with Gasteiger partial charge in [0.2, 0.25) is 0 Å². The number of halogens is 2. The maximum Gasteiger partial charge on any atom is 0.127 e. The first-order valence-electron chi connectivity index (χ1n) is 6.18. The highest BCUT2D eigenvalue weighted by Crippen LogP contribution is 2.26. The van der Waals surface area contributed by atoms with E-state index in [0.717, 1.165) is 12.0 Å². The van der Waals surface area contributed by atoms with Crippen LogP contribution in [-0.2, 0) is 12.8 Å². The molecule has 19 heavy (non-hydrogen) atoms. The summed E-state index contributed by atoms with van der Waals surface area (Å²) in [6.45, 7) is 1.99. The predicted molar refractivity (Wildman–Crippen MR) is 73.7 cm³/mol. The fraction of sp³-hybridized carbons (Fsp3) is 0.267. The highest BCUT2D eigenvalue weighted by molar-refractivity contribution is 6.31. The Morgan fingerprint density at radius 1 is 1.32 bits per heavy atom. The molecule has 2 rings (SSSR count). The van der Waals surface area contributed by atoms with Crippen LogP contribution in [0.25, 0.3) is 0 Å². The Balaban J connectivity index is 2.28. The van der Waals surface area contributed by atoms with E-state index in [9.17, 15) is 9.50 Å². The second-order valence-electron chi connectivity index (χ2n) is 4.32. The zero-order valence-electron chi connectivity index (χ0n) is 10.6. The summed E-state index contributed by atoms with van der Waals surface area (Å²) in [5, 5.41) is 10.6. The van der Waals surface area contributed by atoms with Crippen LogP contribution in [0.3, 0.4) is 0 Å². The van der Waals surface area contributed by atoms with Crippen molar-refractivity contribution in [1.82, 2.24) is 4.98 Å². The first kappa shape index (κ1) is 14.0. The highest BCUT2D eigenvalue weighted by Gasteiger charge is 2.17. The number of hydrogen-bond donors (Lipinski definition) is 1. The van der Waals surface area contributed by atoms with E-state index in [1.54, 1.807) is 18.3 Å². The van der Waals surface area contributed by atoms with Gasteiger partial charge in [-0.15, -0.1) is 0 Å². The molecule has 1 N–H and O–H groups in total. The SMILES string of the molecule is CCc1cccnc1C(O)Cc1c(F)cccc1Cl. The lowest BCUT2D eigenvalue weighted by molar-refractivity contribution is 0.171. The van der Waals surface area contributed by atoms with Gasteiger partial charge in [-0.25, -0.2) is 4.39 Å². The molecule has 0 fully saturated rings. The van der Waals surface area contributed by atoms with E-state index in [1.807, 2.05) is 19.1 Å². The smallest absolute Gasteiger partial charge is 0.127 e. The van der Waals surface area contributed by atoms with Crippen molar-refractivity contribution in [3.63, 3.8) is 0 Å². The van der Waals surface area contributed by atoms with E-state index in [-0.39, 0.29) is 6.42 Å². The zero-order valence-corrected chi connectivity index (χ0v) is 11.4. The number of aliphatic hydroxyl groups is 1. The van der Waals surface area contributed by atoms with Crippen LogP contribution in [0.15, 0.2) is 36.5 Å². The van der Waals surface area contributed by atoms with Gasteiger partial charge in [0.15, 0.2) is 0 Å². The molecule has 0 spiro atoms. The van der Waals surface area contributed by atoms with Crippen molar-refractivity contribution in [2.24, 2.45) is 0 Å². The Morgan fingerprint density at radius 2 is 2.11 bits per heavy atom. The third-order valence-corrected chi connectivity index (χ3v) is 3.44. The molecule has 0 aliphatic carbocycles. The molecule has 100 valence electrons. The van der Waals surface area contributed by atoms with Crippen LogP contribution < -0.4 is 0 Å². The van der Waals surface area contributed by atoms with Crippen LogP contribution in [-0.4, -0.2) is 10.1 Å². The summed E-state index contributed by atoms with van der Waals surface area (Å²) in [7, 11) is 0. The van der Waals surface area contributed by atoms with E-state index in [0.29, 0.717) is 16.3 Å². The molecule has 0 saturated heterocycles. The van der Waals surface area contributed by atoms with Gasteiger partial charge in [0.05, 0.1) is 5.69 Å². The van der Waals surface area contributed by atoms with Crippen molar-refractivity contribution >= 4 is 11.6 Å². The molecular formula is C15H15ClFNO. The average molecular weight is 280 g/mol. The standard InChI is InChI=1S/C15H15ClFNO/c1-2-10-5-4-8-18-15(10)14(19)9-11-12(16)6-3-7-13(11)17/h3-8,14,19H,2,9H2,1H3. The molecule has 2 aromatic rings. The van der Waals surface area contributed by atoms with Gasteiger partial charge in [0, 0.05) is 23.2 Å². The average Bonchev–Trinajstić information content (AvgIpc) is 2.42. The van der Waals surface area contributed by atoms with Crippen molar-refractivity contribution in [2.75, 3.05) is 0 Å². The summed E-state index contributed by atoms with van der Waals surface area (Å²) in [5.74, 6) is -0.402. The largest absolute Gasteiger partial charge is 0.386 e. The minimum absolute atomic E-state index is 0.121. The number of nitrogens with zero attached hydrogens (tertiary/aromatic N) is 1. The maximum absolute atomic E-state index is 13.7. The molecule has 1 atom stereocenters. The van der Waals surface area contributed by atoms with Crippen LogP contribution >= 0.6 is 11.6 Å². The van der Waals surface area contributed by atoms with E-state index in [4.69, 9.17) is 11.6 Å². The van der Waals surface area contributed by atoms with E-state index < -0.39 is 11.9 Å². The Kier molecular flexibility index (Phi) is 4.51. The molecule has 4 heteroatoms. The Hall–Kier alpha value is -1.45. The molecule has 0 bridgehead atoms. The minimum Gasteiger partial charge on any atom is -0.386 e. The van der Waals surface area contributed by atoms with Crippen molar-refractivity contribution in [3.8, 4) is 0 Å². The Labute approximate surface area is 116 Å². The number of hydrogen-bond acceptors (Lipinski definition) is 2. The van der Waals surface area contributed by atoms with Crippen LogP contribution in [0.5, 0.6) is 0 Å². The summed E-state index contributed by atoms with van der Waals surface area (Å²) in [5.41, 5.74) is 1.87. The van der Waals surface area contributed by atoms with Crippen LogP contribution in [0, 0.1) is 5.82 Å². The number of aromatic nitrogens is 1. The maximum atomic E-state index is 13.7. The molecule has 0 radical (unpaired) electrons. The third kappa shape index (κ3) is 3.11. The van der Waals surface area contributed by atoms with Gasteiger partial charge >= 0.3 is 0 Å². The first-order chi connectivity index (χ1) is 9.13. The summed E-state index contributed by atoms with van der Waals surface area (Å²) in [6.07, 6.45) is 1.66. The number of aryl methyl sites for hydroxylation is 1. The van der Waals surface area contributed by atoms with Gasteiger partial charge in [-0.1, -0.05) is 30.7 Å². The van der Waals surface area contributed by atoms with E-state index >= 15 is 0 Å². The second kappa shape index (κ2) is 6.13. The van der Waals surface area contributed by atoms with Gasteiger partial charge in [0.25, 0.3) is 0 Å². The summed E-state index contributed by atoms with van der Waals surface area (Å²) in [4.78, 5) is 4.19. The summed E-state index contributed by atoms with van der Waals surface area (Å²) in [6, 6.07) is 8.24. The van der Waals surface area contributed by atoms with Gasteiger partial charge in [0.1, 0.15) is 11.9 Å². The van der Waals surface area contributed by atoms with Crippen molar-refractivity contribution in [1.29, 1.82) is 0 Å². The lowest BCUT2D eigenvalue weighted by atomic mass is 10.0. The summed E-state index contributed by atoms with van der Waals surface area (Å²) < 4.78 is 13.7. The Bertz CT molecular complexity index is 554. The van der Waals surface area contributed by atoms with Crippen LogP contribution in [0.2, 0.25) is 5.02 Å². The minimum atomic E-state index is -0.856. The molecule has 1 aromatic heterocycles. The first-order valence-corrected chi connectivity index (χ1v) is 6.56. The third-order valence-electron chi connectivity index (χ3n) is 3.08. The topological polar surface area (TPSA) is 33.1 Å². The van der Waals surface area contributed by atoms with Crippen molar-refractivity contribution < 1.29 is 9.50 Å². The fourth-order valence-electron chi connectivity index (χ4n) is 2.07. The number of pyridine rings is 1. The lowest BCUT2D eigenvalue weighted by Crippen LogP contribution is -2.09. The molecule has 0 amide bonds. The molecule has 1 heterocycles. The Morgan fingerprint density at radius 3 is 2.79 bits per heavy atom. The number of rotatable bonds is 4. The predicted octanol–water partition coefficient (Wildman–Crippen LogP) is 3.71. The van der Waals surface area contributed by atoms with E-state index in [2.05, 4.69) is 4.98 Å². The van der Waals surface area contributed by atoms with E-state index in [1.165, 1.54) is 6.07 Å². The monoisotopic (exact) mass is 279 g/mol. The molecule has 1 aromatic carbocycles. The van der Waals surface area contributed by atoms with Crippen LogP contribution in [0.1, 0.15) is 29.8 Å². The van der Waals surface area contributed by atoms with Gasteiger partial charge in [-0.2, -0.15) is 0 Å².